The number of amides is 2. The molecule has 2 aliphatic rings. The lowest BCUT2D eigenvalue weighted by atomic mass is 10.0. The summed E-state index contributed by atoms with van der Waals surface area (Å²) < 4.78 is 24.9. The van der Waals surface area contributed by atoms with Gasteiger partial charge in [0, 0.05) is 46.5 Å². The van der Waals surface area contributed by atoms with Crippen LogP contribution in [0.5, 0.6) is 5.75 Å². The second-order valence-corrected chi connectivity index (χ2v) is 13.0. The number of rotatable bonds is 8. The van der Waals surface area contributed by atoms with E-state index in [1.54, 1.807) is 64.1 Å². The Morgan fingerprint density at radius 1 is 1.06 bits per heavy atom. The van der Waals surface area contributed by atoms with E-state index >= 15 is 4.39 Å². The summed E-state index contributed by atoms with van der Waals surface area (Å²) in [5.41, 5.74) is 3.11. The zero-order valence-corrected chi connectivity index (χ0v) is 27.9. The number of hydrogen-bond donors (Lipinski definition) is 1. The lowest BCUT2D eigenvalue weighted by Crippen LogP contribution is -2.47. The van der Waals surface area contributed by atoms with Gasteiger partial charge in [-0.2, -0.15) is 10.2 Å². The fraction of sp³-hybridized carbons (Fsp3) is 0.250. The molecule has 7 rings (SSSR count). The summed E-state index contributed by atoms with van der Waals surface area (Å²) in [6.45, 7) is 3.82. The highest BCUT2D eigenvalue weighted by molar-refractivity contribution is 9.10. The molecular weight excluding hydrogens is 679 g/mol. The van der Waals surface area contributed by atoms with Gasteiger partial charge in [-0.25, -0.2) is 9.18 Å². The minimum absolute atomic E-state index is 0.0214. The summed E-state index contributed by atoms with van der Waals surface area (Å²) in [7, 11) is 0. The maximum absolute atomic E-state index is 15.2. The average Bonchev–Trinajstić information content (AvgIpc) is 3.87. The zero-order valence-electron chi connectivity index (χ0n) is 26.3. The van der Waals surface area contributed by atoms with Crippen molar-refractivity contribution < 1.29 is 18.7 Å². The van der Waals surface area contributed by atoms with Crippen molar-refractivity contribution in [2.24, 2.45) is 0 Å². The van der Waals surface area contributed by atoms with Gasteiger partial charge in [-0.3, -0.25) is 18.7 Å². The van der Waals surface area contributed by atoms with Gasteiger partial charge in [-0.1, -0.05) is 28.1 Å². The van der Waals surface area contributed by atoms with Gasteiger partial charge in [0.1, 0.15) is 17.3 Å². The largest absolute Gasteiger partial charge is 0.490 e. The monoisotopic (exact) mass is 710 g/mol. The quantitative estimate of drug-likeness (QED) is 0.217. The maximum atomic E-state index is 15.2. The second-order valence-electron chi connectivity index (χ2n) is 12.1. The summed E-state index contributed by atoms with van der Waals surface area (Å²) in [6.07, 6.45) is 3.74. The molecule has 2 amide bonds. The van der Waals surface area contributed by atoms with E-state index < -0.39 is 17.4 Å². The molecule has 5 aromatic rings. The zero-order chi connectivity index (χ0) is 33.5. The number of aromatic nitrogens is 4. The Morgan fingerprint density at radius 2 is 1.85 bits per heavy atom. The number of fused-ring (bicyclic) bond motifs is 1. The van der Waals surface area contributed by atoms with Crippen LogP contribution in [0.3, 0.4) is 0 Å². The summed E-state index contributed by atoms with van der Waals surface area (Å²) in [5, 5.41) is 10.9. The van der Waals surface area contributed by atoms with Gasteiger partial charge in [0.15, 0.2) is 0 Å². The van der Waals surface area contributed by atoms with Crippen molar-refractivity contribution in [1.82, 2.24) is 29.5 Å². The van der Waals surface area contributed by atoms with Gasteiger partial charge in [0.05, 0.1) is 29.7 Å². The van der Waals surface area contributed by atoms with E-state index in [1.807, 2.05) is 26.0 Å². The molecule has 1 aliphatic heterocycles. The molecule has 3 aromatic carbocycles. The molecule has 1 fully saturated rings. The molecule has 0 spiro atoms. The van der Waals surface area contributed by atoms with Gasteiger partial charge < -0.3 is 15.0 Å². The normalized spacial score (nSPS) is 15.6. The van der Waals surface area contributed by atoms with Crippen LogP contribution in [-0.4, -0.2) is 48.2 Å². The number of carbonyl (C=O) groups is 2. The topological polar surface area (TPSA) is 111 Å². The molecule has 3 heterocycles. The Morgan fingerprint density at radius 3 is 2.56 bits per heavy atom. The third-order valence-corrected chi connectivity index (χ3v) is 9.63. The molecule has 10 nitrogen and oxygen atoms in total. The first-order chi connectivity index (χ1) is 23.2. The first kappa shape index (κ1) is 31.5. The van der Waals surface area contributed by atoms with Crippen molar-refractivity contribution >= 4 is 27.7 Å². The predicted octanol–water partition coefficient (Wildman–Crippen LogP) is 5.82. The van der Waals surface area contributed by atoms with Crippen molar-refractivity contribution in [2.45, 2.75) is 58.5 Å². The van der Waals surface area contributed by atoms with Crippen LogP contribution in [0.2, 0.25) is 0 Å². The third kappa shape index (κ3) is 6.03. The van der Waals surface area contributed by atoms with Crippen LogP contribution in [0.25, 0.3) is 16.9 Å². The molecule has 48 heavy (non-hydrogen) atoms. The molecule has 1 saturated carbocycles. The Hall–Kier alpha value is -5.10. The first-order valence-electron chi connectivity index (χ1n) is 15.7. The molecule has 1 atom stereocenters. The Kier molecular flexibility index (Phi) is 8.42. The molecule has 12 heteroatoms. The summed E-state index contributed by atoms with van der Waals surface area (Å²) in [5.74, 6) is -0.640. The molecule has 1 N–H and O–H groups in total. The van der Waals surface area contributed by atoms with Crippen molar-refractivity contribution in [3.05, 3.63) is 128 Å². The van der Waals surface area contributed by atoms with Crippen LogP contribution in [0.1, 0.15) is 57.4 Å². The van der Waals surface area contributed by atoms with Crippen molar-refractivity contribution in [1.29, 1.82) is 0 Å². The lowest BCUT2D eigenvalue weighted by molar-refractivity contribution is 0.0610. The minimum Gasteiger partial charge on any atom is -0.490 e. The SMILES string of the molecule is Cc1cc(C(=O)N2Cc3c(C(=O)NCc4c(F)cccc4-c4cccnn4)n(-c4ccc(OC5CC5)cc4)c(=O)n3CC2C)ccc1Br. The predicted molar refractivity (Wildman–Crippen MR) is 180 cm³/mol. The van der Waals surface area contributed by atoms with Crippen molar-refractivity contribution in [2.75, 3.05) is 0 Å². The number of aryl methyl sites for hydroxylation is 1. The van der Waals surface area contributed by atoms with Gasteiger partial charge >= 0.3 is 5.69 Å². The number of nitrogens with zero attached hydrogens (tertiary/aromatic N) is 5. The van der Waals surface area contributed by atoms with Crippen LogP contribution < -0.4 is 15.7 Å². The molecule has 2 aromatic heterocycles. The molecule has 1 unspecified atom stereocenters. The molecule has 0 radical (unpaired) electrons. The minimum atomic E-state index is -0.589. The van der Waals surface area contributed by atoms with Gasteiger partial charge in [-0.15, -0.1) is 0 Å². The Labute approximate surface area is 284 Å². The average molecular weight is 712 g/mol. The molecule has 0 bridgehead atoms. The standard InChI is InChI=1S/C36H32BrFN6O4/c1-21-17-23(8-15-29(21)37)35(46)42-20-32-33(34(45)39-18-28-27(5-3-6-30(28)38)31-7-4-16-40-41-31)44(36(47)43(32)19-22(42)2)24-9-11-25(12-10-24)48-26-13-14-26/h3-12,15-17,22,26H,13-14,18-20H2,1-2H3,(H,39,45). The highest BCUT2D eigenvalue weighted by Crippen LogP contribution is 2.30. The van der Waals surface area contributed by atoms with E-state index in [-0.39, 0.29) is 48.9 Å². The van der Waals surface area contributed by atoms with E-state index in [0.717, 1.165) is 22.9 Å². The van der Waals surface area contributed by atoms with Crippen LogP contribution in [0.4, 0.5) is 4.39 Å². The molecule has 1 aliphatic carbocycles. The fourth-order valence-electron chi connectivity index (χ4n) is 6.03. The van der Waals surface area contributed by atoms with Crippen LogP contribution >= 0.6 is 15.9 Å². The molecular formula is C36H32BrFN6O4. The highest BCUT2D eigenvalue weighted by atomic mass is 79.9. The number of ether oxygens (including phenoxy) is 1. The number of benzene rings is 3. The van der Waals surface area contributed by atoms with E-state index in [1.165, 1.54) is 16.8 Å². The summed E-state index contributed by atoms with van der Waals surface area (Å²) >= 11 is 3.49. The molecule has 244 valence electrons. The number of hydrogen-bond acceptors (Lipinski definition) is 6. The van der Waals surface area contributed by atoms with Gasteiger partial charge in [-0.05, 0) is 92.9 Å². The van der Waals surface area contributed by atoms with E-state index in [4.69, 9.17) is 4.74 Å². The van der Waals surface area contributed by atoms with Gasteiger partial charge in [0.2, 0.25) is 0 Å². The van der Waals surface area contributed by atoms with Crippen LogP contribution in [0.15, 0.2) is 88.3 Å². The smallest absolute Gasteiger partial charge is 0.333 e. The Balaban J connectivity index is 1.27. The number of imidazole rings is 1. The number of halogens is 2. The fourth-order valence-corrected chi connectivity index (χ4v) is 6.28. The van der Waals surface area contributed by atoms with Crippen LogP contribution in [-0.2, 0) is 19.6 Å². The lowest BCUT2D eigenvalue weighted by Gasteiger charge is -2.34. The summed E-state index contributed by atoms with van der Waals surface area (Å²) in [6, 6.07) is 20.1. The maximum Gasteiger partial charge on any atom is 0.333 e. The van der Waals surface area contributed by atoms with Crippen molar-refractivity contribution in [3.63, 3.8) is 0 Å². The third-order valence-electron chi connectivity index (χ3n) is 8.74. The summed E-state index contributed by atoms with van der Waals surface area (Å²) in [4.78, 5) is 43.8. The molecule has 0 saturated heterocycles. The number of carbonyl (C=O) groups excluding carboxylic acids is 2. The van der Waals surface area contributed by atoms with E-state index in [9.17, 15) is 14.4 Å². The van der Waals surface area contributed by atoms with E-state index in [2.05, 4.69) is 31.4 Å². The van der Waals surface area contributed by atoms with Crippen molar-refractivity contribution in [3.8, 4) is 22.7 Å². The van der Waals surface area contributed by atoms with Crippen LogP contribution in [0, 0.1) is 12.7 Å². The highest BCUT2D eigenvalue weighted by Gasteiger charge is 2.35. The van der Waals surface area contributed by atoms with E-state index in [0.29, 0.717) is 34.0 Å². The first-order valence-corrected chi connectivity index (χ1v) is 16.5. The second kappa shape index (κ2) is 12.8. The number of nitrogens with one attached hydrogen (secondary N) is 1. The Bertz CT molecular complexity index is 2090. The van der Waals surface area contributed by atoms with Gasteiger partial charge in [0.25, 0.3) is 11.8 Å².